The Morgan fingerprint density at radius 1 is 1.10 bits per heavy atom. The molecule has 1 aliphatic heterocycles. The maximum Gasteiger partial charge on any atom is 0.342 e. The lowest BCUT2D eigenvalue weighted by atomic mass is 10.1. The largest absolute Gasteiger partial charge is 0.479 e. The zero-order chi connectivity index (χ0) is 31.6. The number of nitrogen functional groups attached to an aromatic ring is 1. The van der Waals surface area contributed by atoms with E-state index in [0.717, 1.165) is 0 Å². The van der Waals surface area contributed by atoms with E-state index in [1.54, 1.807) is 52.4 Å². The second kappa shape index (κ2) is 12.8. The van der Waals surface area contributed by atoms with Gasteiger partial charge in [-0.25, -0.2) is 15.2 Å². The third kappa shape index (κ3) is 8.83. The summed E-state index contributed by atoms with van der Waals surface area (Å²) in [5.41, 5.74) is 5.23. The minimum absolute atomic E-state index is 0.0140. The predicted molar refractivity (Wildman–Crippen MR) is 154 cm³/mol. The molecule has 0 radical (unpaired) electrons. The predicted octanol–water partition coefficient (Wildman–Crippen LogP) is 3.11. The van der Waals surface area contributed by atoms with E-state index in [-0.39, 0.29) is 24.4 Å². The summed E-state index contributed by atoms with van der Waals surface area (Å²) in [5, 5.41) is 5.41. The van der Waals surface area contributed by atoms with Gasteiger partial charge in [0.2, 0.25) is 11.8 Å². The fraction of sp³-hybridized carbons (Fsp3) is 0.731. The van der Waals surface area contributed by atoms with Gasteiger partial charge in [0.25, 0.3) is 0 Å². The Morgan fingerprint density at radius 3 is 2.14 bits per heavy atom. The molecule has 2 aromatic heterocycles. The van der Waals surface area contributed by atoms with Crippen LogP contribution in [-0.2, 0) is 32.9 Å². The van der Waals surface area contributed by atoms with Crippen LogP contribution in [0.25, 0.3) is 11.2 Å². The van der Waals surface area contributed by atoms with Crippen LogP contribution in [0.4, 0.5) is 5.95 Å². The zero-order valence-electron chi connectivity index (χ0n) is 26.0. The Labute approximate surface area is 246 Å². The number of methoxy groups -OCH3 is 1. The van der Waals surface area contributed by atoms with Gasteiger partial charge in [0.15, 0.2) is 11.2 Å². The Morgan fingerprint density at radius 2 is 1.64 bits per heavy atom. The molecule has 1 unspecified atom stereocenters. The molecule has 1 aliphatic rings. The summed E-state index contributed by atoms with van der Waals surface area (Å²) in [7, 11) is -2.56. The molecule has 1 fully saturated rings. The van der Waals surface area contributed by atoms with Crippen molar-refractivity contribution in [2.24, 2.45) is 5.92 Å². The van der Waals surface area contributed by atoms with Crippen molar-refractivity contribution in [3.63, 3.8) is 0 Å². The van der Waals surface area contributed by atoms with Crippen LogP contribution in [0.2, 0.25) is 0 Å². The van der Waals surface area contributed by atoms with Crippen LogP contribution in [0.1, 0.15) is 75.0 Å². The molecule has 0 saturated carbocycles. The van der Waals surface area contributed by atoms with E-state index in [2.05, 4.69) is 25.1 Å². The summed E-state index contributed by atoms with van der Waals surface area (Å²) in [5.74, 6) is -0.999. The first-order chi connectivity index (χ1) is 19.3. The SMILES string of the molecule is COc1nc(N)nc2c1ncn2[C@@H]1O[C@H](COP(=O)(N[C@@H](C)C(=O)OC(C)(C)C)N[C@H](C)C(=O)OC(C)(C)C)C[C@@H]1C. The summed E-state index contributed by atoms with van der Waals surface area (Å²) < 4.78 is 44.0. The lowest BCUT2D eigenvalue weighted by molar-refractivity contribution is -0.157. The molecule has 3 rings (SSSR count). The van der Waals surface area contributed by atoms with Gasteiger partial charge in [0, 0.05) is 5.92 Å². The van der Waals surface area contributed by atoms with Gasteiger partial charge in [-0.15, -0.1) is 0 Å². The molecule has 15 nitrogen and oxygen atoms in total. The molecule has 42 heavy (non-hydrogen) atoms. The molecule has 236 valence electrons. The molecule has 0 aliphatic carbocycles. The standard InChI is InChI=1S/C26H44N7O8P/c1-14-11-17(39-21(14)33-13-28-18-19(33)29-24(27)30-20(18)37-10)12-38-42(36,31-15(2)22(34)40-25(4,5)6)32-16(3)23(35)41-26(7,8)9/h13-17,21H,11-12H2,1-10H3,(H2,27,29,30)(H2,31,32,36)/t14-,15-,16+,17-,21+,42?/m0/s1. The number of rotatable bonds is 11. The highest BCUT2D eigenvalue weighted by molar-refractivity contribution is 7.54. The quantitative estimate of drug-likeness (QED) is 0.247. The Kier molecular flexibility index (Phi) is 10.3. The highest BCUT2D eigenvalue weighted by Crippen LogP contribution is 2.43. The first kappa shape index (κ1) is 33.7. The third-order valence-corrected chi connectivity index (χ3v) is 7.98. The number of imidazole rings is 1. The van der Waals surface area contributed by atoms with Gasteiger partial charge in [-0.05, 0) is 61.8 Å². The monoisotopic (exact) mass is 613 g/mol. The van der Waals surface area contributed by atoms with E-state index in [0.29, 0.717) is 17.6 Å². The molecule has 0 spiro atoms. The summed E-state index contributed by atoms with van der Waals surface area (Å²) in [6, 6.07) is -2.05. The van der Waals surface area contributed by atoms with Gasteiger partial charge in [0.05, 0.1) is 26.1 Å². The van der Waals surface area contributed by atoms with Gasteiger partial charge in [-0.2, -0.15) is 9.97 Å². The molecule has 4 N–H and O–H groups in total. The van der Waals surface area contributed by atoms with Crippen molar-refractivity contribution in [3.8, 4) is 5.88 Å². The van der Waals surface area contributed by atoms with Crippen LogP contribution in [0, 0.1) is 5.92 Å². The van der Waals surface area contributed by atoms with Crippen LogP contribution in [0.5, 0.6) is 5.88 Å². The zero-order valence-corrected chi connectivity index (χ0v) is 26.9. The molecular formula is C26H44N7O8P. The fourth-order valence-electron chi connectivity index (χ4n) is 4.30. The van der Waals surface area contributed by atoms with Gasteiger partial charge >= 0.3 is 19.6 Å². The minimum Gasteiger partial charge on any atom is -0.479 e. The van der Waals surface area contributed by atoms with Crippen molar-refractivity contribution in [2.45, 2.75) is 104 Å². The van der Waals surface area contributed by atoms with E-state index in [4.69, 9.17) is 29.2 Å². The van der Waals surface area contributed by atoms with E-state index in [1.165, 1.54) is 21.0 Å². The topological polar surface area (TPSA) is 191 Å². The maximum atomic E-state index is 14.0. The molecule has 1 saturated heterocycles. The second-order valence-corrected chi connectivity index (χ2v) is 14.3. The molecule has 16 heteroatoms. The van der Waals surface area contributed by atoms with E-state index in [1.807, 2.05) is 6.92 Å². The molecule has 3 heterocycles. The van der Waals surface area contributed by atoms with Crippen LogP contribution in [0.3, 0.4) is 0 Å². The second-order valence-electron chi connectivity index (χ2n) is 12.4. The molecule has 0 bridgehead atoms. The summed E-state index contributed by atoms with van der Waals surface area (Å²) in [6.45, 7) is 15.2. The summed E-state index contributed by atoms with van der Waals surface area (Å²) in [4.78, 5) is 38.0. The number of carbonyl (C=O) groups is 2. The van der Waals surface area contributed by atoms with Crippen molar-refractivity contribution >= 4 is 36.7 Å². The average molecular weight is 614 g/mol. The van der Waals surface area contributed by atoms with Crippen molar-refractivity contribution in [2.75, 3.05) is 19.5 Å². The van der Waals surface area contributed by atoms with E-state index in [9.17, 15) is 14.2 Å². The Hall–Kier alpha value is -2.84. The van der Waals surface area contributed by atoms with Crippen molar-refractivity contribution < 1.29 is 37.6 Å². The number of anilines is 1. The number of fused-ring (bicyclic) bond motifs is 1. The normalized spacial score (nSPS) is 22.4. The summed E-state index contributed by atoms with van der Waals surface area (Å²) >= 11 is 0. The van der Waals surface area contributed by atoms with Crippen molar-refractivity contribution in [3.05, 3.63) is 6.33 Å². The average Bonchev–Trinajstić information content (AvgIpc) is 3.42. The number of esters is 2. The molecule has 0 amide bonds. The van der Waals surface area contributed by atoms with Crippen LogP contribution in [-0.4, -0.2) is 74.6 Å². The van der Waals surface area contributed by atoms with Crippen molar-refractivity contribution in [1.29, 1.82) is 0 Å². The van der Waals surface area contributed by atoms with Gasteiger partial charge in [-0.3, -0.25) is 18.7 Å². The lowest BCUT2D eigenvalue weighted by Gasteiger charge is -2.29. The van der Waals surface area contributed by atoms with Crippen molar-refractivity contribution in [1.82, 2.24) is 29.7 Å². The highest BCUT2D eigenvalue weighted by atomic mass is 31.2. The number of hydrogen-bond acceptors (Lipinski definition) is 12. The fourth-order valence-corrected chi connectivity index (χ4v) is 6.13. The smallest absolute Gasteiger partial charge is 0.342 e. The van der Waals surface area contributed by atoms with Gasteiger partial charge in [-0.1, -0.05) is 6.92 Å². The van der Waals surface area contributed by atoms with Crippen LogP contribution < -0.4 is 20.6 Å². The highest BCUT2D eigenvalue weighted by Gasteiger charge is 2.39. The third-order valence-electron chi connectivity index (χ3n) is 6.02. The van der Waals surface area contributed by atoms with Crippen LogP contribution >= 0.6 is 7.67 Å². The Bertz CT molecular complexity index is 1280. The van der Waals surface area contributed by atoms with E-state index < -0.39 is 55.2 Å². The molecule has 0 aromatic carbocycles. The van der Waals surface area contributed by atoms with Crippen LogP contribution in [0.15, 0.2) is 6.33 Å². The molecule has 2 aromatic rings. The Balaban J connectivity index is 1.77. The minimum atomic E-state index is -4.03. The maximum absolute atomic E-state index is 14.0. The number of carbonyl (C=O) groups excluding carboxylic acids is 2. The summed E-state index contributed by atoms with van der Waals surface area (Å²) in [6.07, 6.45) is 1.15. The first-order valence-corrected chi connectivity index (χ1v) is 15.4. The van der Waals surface area contributed by atoms with Gasteiger partial charge in [0.1, 0.15) is 29.5 Å². The first-order valence-electron chi connectivity index (χ1n) is 13.8. The lowest BCUT2D eigenvalue weighted by Crippen LogP contribution is -2.45. The van der Waals surface area contributed by atoms with Gasteiger partial charge < -0.3 is 29.2 Å². The number of ether oxygens (including phenoxy) is 4. The number of hydrogen-bond donors (Lipinski definition) is 3. The van der Waals surface area contributed by atoms with E-state index >= 15 is 0 Å². The number of nitrogens with one attached hydrogen (secondary N) is 2. The number of nitrogens with zero attached hydrogens (tertiary/aromatic N) is 4. The number of nitrogens with two attached hydrogens (primary N) is 1. The molecular weight excluding hydrogens is 569 g/mol. The number of aromatic nitrogens is 4. The molecule has 6 atom stereocenters.